The van der Waals surface area contributed by atoms with Crippen molar-refractivity contribution in [3.8, 4) is 11.5 Å². The van der Waals surface area contributed by atoms with Crippen LogP contribution in [0.4, 0.5) is 14.9 Å². The molecule has 3 rings (SSSR count). The first kappa shape index (κ1) is 18.8. The van der Waals surface area contributed by atoms with Crippen LogP contribution in [-0.4, -0.2) is 34.0 Å². The van der Waals surface area contributed by atoms with Gasteiger partial charge in [-0.2, -0.15) is 0 Å². The summed E-state index contributed by atoms with van der Waals surface area (Å²) in [6, 6.07) is 6.66. The van der Waals surface area contributed by atoms with Crippen LogP contribution in [0.1, 0.15) is 11.1 Å². The minimum atomic E-state index is -0.711. The first-order valence-corrected chi connectivity index (χ1v) is 7.94. The van der Waals surface area contributed by atoms with E-state index >= 15 is 0 Å². The van der Waals surface area contributed by atoms with Crippen LogP contribution >= 0.6 is 0 Å². The number of benzene rings is 2. The summed E-state index contributed by atoms with van der Waals surface area (Å²) in [7, 11) is 1.22. The largest absolute Gasteiger partial charge is 0.504 e. The molecule has 0 saturated carbocycles. The maximum absolute atomic E-state index is 13.0. The molecule has 0 atom stereocenters. The van der Waals surface area contributed by atoms with Crippen LogP contribution in [-0.2, 0) is 11.3 Å². The van der Waals surface area contributed by atoms with Gasteiger partial charge in [0.2, 0.25) is 0 Å². The summed E-state index contributed by atoms with van der Waals surface area (Å²) in [6.07, 6.45) is 1.12. The number of hydrogen-bond acceptors (Lipinski definition) is 6. The first-order valence-electron chi connectivity index (χ1n) is 7.94. The van der Waals surface area contributed by atoms with Crippen molar-refractivity contribution in [3.05, 3.63) is 69.2 Å². The maximum Gasteiger partial charge on any atom is 0.329 e. The Morgan fingerprint density at radius 1 is 1.29 bits per heavy atom. The second-order valence-electron chi connectivity index (χ2n) is 5.85. The van der Waals surface area contributed by atoms with Gasteiger partial charge in [0.15, 0.2) is 11.5 Å². The number of nitrogens with one attached hydrogen (secondary N) is 1. The fourth-order valence-corrected chi connectivity index (χ4v) is 2.63. The van der Waals surface area contributed by atoms with Crippen LogP contribution in [0, 0.1) is 15.9 Å². The van der Waals surface area contributed by atoms with E-state index in [0.29, 0.717) is 5.56 Å². The number of carbonyl (C=O) groups is 2. The van der Waals surface area contributed by atoms with E-state index in [1.165, 1.54) is 31.4 Å². The predicted molar refractivity (Wildman–Crippen MR) is 94.8 cm³/mol. The average molecular weight is 387 g/mol. The van der Waals surface area contributed by atoms with Crippen molar-refractivity contribution in [2.45, 2.75) is 6.54 Å². The zero-order valence-electron chi connectivity index (χ0n) is 14.5. The van der Waals surface area contributed by atoms with Crippen LogP contribution in [0.5, 0.6) is 11.5 Å². The molecule has 2 N–H and O–H groups in total. The van der Waals surface area contributed by atoms with Crippen LogP contribution in [0.25, 0.3) is 6.08 Å². The third kappa shape index (κ3) is 3.61. The van der Waals surface area contributed by atoms with Crippen molar-refractivity contribution in [1.29, 1.82) is 0 Å². The maximum atomic E-state index is 13.0. The zero-order chi connectivity index (χ0) is 20.4. The lowest BCUT2D eigenvalue weighted by Gasteiger charge is -2.11. The number of nitro groups is 1. The number of aromatic hydroxyl groups is 1. The predicted octanol–water partition coefficient (Wildman–Crippen LogP) is 2.54. The smallest absolute Gasteiger partial charge is 0.329 e. The topological polar surface area (TPSA) is 122 Å². The average Bonchev–Trinajstić information content (AvgIpc) is 2.92. The molecule has 28 heavy (non-hydrogen) atoms. The molecule has 3 amide bonds. The molecule has 1 fully saturated rings. The molecular weight excluding hydrogens is 373 g/mol. The number of non-ortho nitro benzene ring substituents is 1. The van der Waals surface area contributed by atoms with E-state index in [1.807, 2.05) is 0 Å². The fraction of sp³-hybridized carbons (Fsp3) is 0.111. The van der Waals surface area contributed by atoms with Gasteiger partial charge >= 0.3 is 6.03 Å². The number of amides is 3. The highest BCUT2D eigenvalue weighted by Gasteiger charge is 2.34. The molecular formula is C18H14FN3O6. The molecule has 10 heteroatoms. The molecule has 144 valence electrons. The van der Waals surface area contributed by atoms with Gasteiger partial charge in [0.05, 0.1) is 24.6 Å². The Kier molecular flexibility index (Phi) is 4.94. The molecule has 0 bridgehead atoms. The minimum Gasteiger partial charge on any atom is -0.504 e. The molecule has 1 heterocycles. The number of halogens is 1. The van der Waals surface area contributed by atoms with Gasteiger partial charge in [-0.05, 0) is 23.8 Å². The summed E-state index contributed by atoms with van der Waals surface area (Å²) in [5.74, 6) is -1.71. The summed E-state index contributed by atoms with van der Waals surface area (Å²) in [5, 5.41) is 23.6. The number of nitro benzene ring substituents is 1. The second-order valence-corrected chi connectivity index (χ2v) is 5.85. The van der Waals surface area contributed by atoms with Gasteiger partial charge in [-0.15, -0.1) is 0 Å². The number of methoxy groups -OCH3 is 1. The Hall–Kier alpha value is -3.95. The zero-order valence-corrected chi connectivity index (χ0v) is 14.5. The van der Waals surface area contributed by atoms with Gasteiger partial charge in [-0.25, -0.2) is 9.18 Å². The van der Waals surface area contributed by atoms with E-state index in [2.05, 4.69) is 5.32 Å². The van der Waals surface area contributed by atoms with Gasteiger partial charge in [0, 0.05) is 11.6 Å². The van der Waals surface area contributed by atoms with Crippen molar-refractivity contribution in [2.75, 3.05) is 7.11 Å². The summed E-state index contributed by atoms with van der Waals surface area (Å²) in [5.41, 5.74) is -0.0734. The van der Waals surface area contributed by atoms with Gasteiger partial charge in [0.1, 0.15) is 11.5 Å². The van der Waals surface area contributed by atoms with Crippen molar-refractivity contribution in [2.24, 2.45) is 0 Å². The van der Waals surface area contributed by atoms with Gasteiger partial charge in [0.25, 0.3) is 11.6 Å². The SMILES string of the molecule is COc1cc([N+](=O)[O-])cc(/C=C2/NC(=O)N(Cc3ccc(F)cc3)C2=O)c1O. The number of carbonyl (C=O) groups excluding carboxylic acids is 2. The fourth-order valence-electron chi connectivity index (χ4n) is 2.63. The summed E-state index contributed by atoms with van der Waals surface area (Å²) >= 11 is 0. The van der Waals surface area contributed by atoms with E-state index in [9.17, 15) is 29.2 Å². The lowest BCUT2D eigenvalue weighted by Crippen LogP contribution is -2.30. The molecule has 0 aliphatic carbocycles. The number of ether oxygens (including phenoxy) is 1. The van der Waals surface area contributed by atoms with Crippen LogP contribution in [0.3, 0.4) is 0 Å². The van der Waals surface area contributed by atoms with Crippen LogP contribution in [0.2, 0.25) is 0 Å². The molecule has 0 aromatic heterocycles. The van der Waals surface area contributed by atoms with E-state index in [4.69, 9.17) is 4.74 Å². The van der Waals surface area contributed by atoms with Gasteiger partial charge in [-0.1, -0.05) is 12.1 Å². The van der Waals surface area contributed by atoms with Gasteiger partial charge in [-0.3, -0.25) is 19.8 Å². The second kappa shape index (κ2) is 7.35. The normalized spacial score (nSPS) is 15.1. The van der Waals surface area contributed by atoms with Crippen molar-refractivity contribution >= 4 is 23.7 Å². The number of phenols is 1. The van der Waals surface area contributed by atoms with Crippen molar-refractivity contribution < 1.29 is 28.7 Å². The molecule has 2 aromatic rings. The molecule has 1 aliphatic rings. The molecule has 1 saturated heterocycles. The number of phenolic OH excluding ortho intramolecular Hbond substituents is 1. The molecule has 0 radical (unpaired) electrons. The number of rotatable bonds is 5. The summed E-state index contributed by atoms with van der Waals surface area (Å²) in [4.78, 5) is 35.9. The standard InChI is InChI=1S/C18H14FN3O6/c1-28-15-8-13(22(26)27)6-11(16(15)23)7-14-17(24)21(18(25)20-14)9-10-2-4-12(19)5-3-10/h2-8,23H,9H2,1H3,(H,20,25)/b14-7+. The first-order chi connectivity index (χ1) is 13.3. The third-order valence-electron chi connectivity index (χ3n) is 4.04. The Morgan fingerprint density at radius 3 is 2.57 bits per heavy atom. The Bertz CT molecular complexity index is 1000. The van der Waals surface area contributed by atoms with Crippen LogP contribution < -0.4 is 10.1 Å². The lowest BCUT2D eigenvalue weighted by molar-refractivity contribution is -0.385. The number of hydrogen-bond donors (Lipinski definition) is 2. The third-order valence-corrected chi connectivity index (χ3v) is 4.04. The summed E-state index contributed by atoms with van der Waals surface area (Å²) < 4.78 is 17.9. The summed E-state index contributed by atoms with van der Waals surface area (Å²) in [6.45, 7) is -0.0907. The highest BCUT2D eigenvalue weighted by molar-refractivity contribution is 6.14. The molecule has 2 aromatic carbocycles. The number of nitrogens with zero attached hydrogens (tertiary/aromatic N) is 2. The number of imide groups is 1. The van der Waals surface area contributed by atoms with E-state index in [1.54, 1.807) is 0 Å². The Balaban J connectivity index is 1.92. The Morgan fingerprint density at radius 2 is 1.96 bits per heavy atom. The van der Waals surface area contributed by atoms with Crippen molar-refractivity contribution in [3.63, 3.8) is 0 Å². The molecule has 0 unspecified atom stereocenters. The van der Waals surface area contributed by atoms with E-state index in [-0.39, 0.29) is 29.2 Å². The highest BCUT2D eigenvalue weighted by atomic mass is 19.1. The Labute approximate surface area is 157 Å². The quantitative estimate of drug-likeness (QED) is 0.352. The minimum absolute atomic E-state index is 0.0710. The lowest BCUT2D eigenvalue weighted by atomic mass is 10.1. The highest BCUT2D eigenvalue weighted by Crippen LogP contribution is 2.36. The monoisotopic (exact) mass is 387 g/mol. The van der Waals surface area contributed by atoms with Crippen molar-refractivity contribution in [1.82, 2.24) is 10.2 Å². The van der Waals surface area contributed by atoms with Gasteiger partial charge < -0.3 is 15.2 Å². The molecule has 0 spiro atoms. The van der Waals surface area contributed by atoms with E-state index < -0.39 is 28.4 Å². The van der Waals surface area contributed by atoms with E-state index in [0.717, 1.165) is 23.1 Å². The molecule has 1 aliphatic heterocycles. The molecule has 9 nitrogen and oxygen atoms in total. The number of urea groups is 1. The van der Waals surface area contributed by atoms with Crippen LogP contribution in [0.15, 0.2) is 42.1 Å².